The van der Waals surface area contributed by atoms with Crippen molar-refractivity contribution in [2.24, 2.45) is 5.41 Å². The fourth-order valence-corrected chi connectivity index (χ4v) is 6.45. The zero-order valence-corrected chi connectivity index (χ0v) is 16.7. The molecule has 0 aliphatic heterocycles. The predicted molar refractivity (Wildman–Crippen MR) is 109 cm³/mol. The lowest BCUT2D eigenvalue weighted by Crippen LogP contribution is -2.25. The molecule has 0 amide bonds. The molecule has 0 saturated carbocycles. The van der Waals surface area contributed by atoms with Crippen LogP contribution in [-0.4, -0.2) is 4.75 Å². The summed E-state index contributed by atoms with van der Waals surface area (Å²) in [6, 6.07) is 21.7. The van der Waals surface area contributed by atoms with Crippen molar-refractivity contribution in [1.29, 1.82) is 0 Å². The average molecular weight is 339 g/mol. The Bertz CT molecular complexity index is 670. The van der Waals surface area contributed by atoms with Gasteiger partial charge in [0.15, 0.2) is 0 Å². The van der Waals surface area contributed by atoms with Crippen LogP contribution in [0, 0.1) is 16.6 Å². The smallest absolute Gasteiger partial charge is 0.0264 e. The zero-order chi connectivity index (χ0) is 17.8. The number of hydrogen-bond acceptors (Lipinski definition) is 0. The lowest BCUT2D eigenvalue weighted by Gasteiger charge is -2.47. The third-order valence-corrected chi connectivity index (χ3v) is 8.74. The van der Waals surface area contributed by atoms with Crippen LogP contribution in [0.5, 0.6) is 0 Å². The number of rotatable bonds is 3. The van der Waals surface area contributed by atoms with Crippen LogP contribution in [0.15, 0.2) is 70.5 Å². The van der Waals surface area contributed by atoms with Gasteiger partial charge in [-0.05, 0) is 49.8 Å². The summed E-state index contributed by atoms with van der Waals surface area (Å²) < 4.78 is 0.0481. The highest BCUT2D eigenvalue weighted by atomic mass is 32.3. The summed E-state index contributed by atoms with van der Waals surface area (Å²) in [6.45, 7) is 13.7. The van der Waals surface area contributed by atoms with Crippen LogP contribution < -0.4 is 0 Å². The first-order valence-electron chi connectivity index (χ1n) is 8.70. The molecular weight excluding hydrogens is 308 g/mol. The van der Waals surface area contributed by atoms with Gasteiger partial charge in [0.1, 0.15) is 0 Å². The molecule has 1 heteroatoms. The first-order valence-corrected chi connectivity index (χ1v) is 10.3. The van der Waals surface area contributed by atoms with E-state index < -0.39 is 10.0 Å². The first-order chi connectivity index (χ1) is 11.2. The molecule has 0 N–H and O–H groups in total. The molecule has 0 heterocycles. The molecule has 0 aliphatic rings. The van der Waals surface area contributed by atoms with E-state index in [-0.39, 0.29) is 10.2 Å². The summed E-state index contributed by atoms with van der Waals surface area (Å²) >= 11 is 0. The molecule has 0 fully saturated rings. The highest BCUT2D eigenvalue weighted by Gasteiger charge is 2.39. The van der Waals surface area contributed by atoms with Gasteiger partial charge in [0.25, 0.3) is 0 Å². The summed E-state index contributed by atoms with van der Waals surface area (Å²) in [5.41, 5.74) is 0.0348. The monoisotopic (exact) mass is 338 g/mol. The van der Waals surface area contributed by atoms with Crippen LogP contribution in [0.3, 0.4) is 0 Å². The standard InChI is InChI=1S/C23H30S/c1-7-23(5,6)18-19-24(22(2,3)4,20-14-10-8-11-15-20)21-16-12-9-13-17-21/h8-17H,7H2,1-6H3. The van der Waals surface area contributed by atoms with E-state index in [1.54, 1.807) is 0 Å². The second-order valence-electron chi connectivity index (χ2n) is 7.82. The zero-order valence-electron chi connectivity index (χ0n) is 15.9. The molecule has 24 heavy (non-hydrogen) atoms. The topological polar surface area (TPSA) is 0 Å². The Morgan fingerprint density at radius 2 is 1.17 bits per heavy atom. The fraction of sp³-hybridized carbons (Fsp3) is 0.391. The van der Waals surface area contributed by atoms with Crippen molar-refractivity contribution in [1.82, 2.24) is 0 Å². The summed E-state index contributed by atoms with van der Waals surface area (Å²) in [4.78, 5) is 2.70. The van der Waals surface area contributed by atoms with E-state index in [1.165, 1.54) is 9.79 Å². The number of hydrogen-bond donors (Lipinski definition) is 0. The maximum Gasteiger partial charge on any atom is 0.0264 e. The van der Waals surface area contributed by atoms with Crippen LogP contribution in [0.1, 0.15) is 48.0 Å². The molecule has 2 rings (SSSR count). The van der Waals surface area contributed by atoms with Crippen molar-refractivity contribution < 1.29 is 0 Å². The predicted octanol–water partition coefficient (Wildman–Crippen LogP) is 7.10. The van der Waals surface area contributed by atoms with Gasteiger partial charge in [-0.3, -0.25) is 0 Å². The molecule has 0 unspecified atom stereocenters. The van der Waals surface area contributed by atoms with Crippen molar-refractivity contribution in [2.45, 2.75) is 62.5 Å². The third-order valence-electron chi connectivity index (χ3n) is 4.54. The molecule has 0 aromatic heterocycles. The average Bonchev–Trinajstić information content (AvgIpc) is 2.56. The Labute approximate surface area is 150 Å². The van der Waals surface area contributed by atoms with E-state index in [4.69, 9.17) is 0 Å². The summed E-state index contributed by atoms with van der Waals surface area (Å²) in [5.74, 6) is 3.64. The molecule has 0 radical (unpaired) electrons. The van der Waals surface area contributed by atoms with Crippen molar-refractivity contribution in [2.75, 3.05) is 0 Å². The lowest BCUT2D eigenvalue weighted by atomic mass is 9.92. The molecule has 2 aromatic rings. The first kappa shape index (κ1) is 18.7. The molecule has 0 nitrogen and oxygen atoms in total. The Hall–Kier alpha value is -1.65. The van der Waals surface area contributed by atoms with Crippen molar-refractivity contribution in [3.63, 3.8) is 0 Å². The maximum absolute atomic E-state index is 3.83. The van der Waals surface area contributed by atoms with Gasteiger partial charge in [-0.2, -0.15) is 0 Å². The van der Waals surface area contributed by atoms with E-state index >= 15 is 0 Å². The molecule has 0 saturated heterocycles. The minimum Gasteiger partial charge on any atom is -0.118 e. The largest absolute Gasteiger partial charge is 0.118 e. The molecule has 0 bridgehead atoms. The van der Waals surface area contributed by atoms with Crippen molar-refractivity contribution >= 4 is 10.0 Å². The van der Waals surface area contributed by atoms with Gasteiger partial charge in [-0.25, -0.2) is 0 Å². The van der Waals surface area contributed by atoms with Gasteiger partial charge in [0.2, 0.25) is 0 Å². The Morgan fingerprint density at radius 1 is 0.750 bits per heavy atom. The van der Waals surface area contributed by atoms with Gasteiger partial charge in [0, 0.05) is 20.0 Å². The van der Waals surface area contributed by atoms with E-state index in [0.29, 0.717) is 0 Å². The lowest BCUT2D eigenvalue weighted by molar-refractivity contribution is 0.485. The van der Waals surface area contributed by atoms with Crippen LogP contribution in [0.25, 0.3) is 0 Å². The van der Waals surface area contributed by atoms with Crippen molar-refractivity contribution in [3.05, 3.63) is 60.7 Å². The Morgan fingerprint density at radius 3 is 1.50 bits per heavy atom. The molecule has 0 atom stereocenters. The minimum absolute atomic E-state index is 0.0348. The highest BCUT2D eigenvalue weighted by molar-refractivity contribution is 8.38. The van der Waals surface area contributed by atoms with Gasteiger partial charge < -0.3 is 0 Å². The summed E-state index contributed by atoms with van der Waals surface area (Å²) in [5, 5.41) is 3.83. The molecule has 2 aromatic carbocycles. The molecular formula is C23H30S. The van der Waals surface area contributed by atoms with Crippen LogP contribution in [0.4, 0.5) is 0 Å². The van der Waals surface area contributed by atoms with Crippen LogP contribution in [0.2, 0.25) is 0 Å². The summed E-state index contributed by atoms with van der Waals surface area (Å²) in [6.07, 6.45) is 1.06. The maximum atomic E-state index is 3.83. The van der Waals surface area contributed by atoms with Gasteiger partial charge in [-0.1, -0.05) is 70.0 Å². The highest BCUT2D eigenvalue weighted by Crippen LogP contribution is 2.70. The van der Waals surface area contributed by atoms with Gasteiger partial charge >= 0.3 is 0 Å². The van der Waals surface area contributed by atoms with Crippen LogP contribution in [-0.2, 0) is 0 Å². The van der Waals surface area contributed by atoms with Gasteiger partial charge in [-0.15, -0.1) is 10.0 Å². The normalized spacial score (nSPS) is 13.1. The summed E-state index contributed by atoms with van der Waals surface area (Å²) in [7, 11) is -1.47. The second kappa shape index (κ2) is 7.08. The Balaban J connectivity index is 2.81. The Kier molecular flexibility index (Phi) is 5.51. The molecule has 128 valence electrons. The molecule has 0 spiro atoms. The SMILES string of the molecule is CCC(C)(C)C#CS(c1ccccc1)(c1ccccc1)C(C)(C)C. The van der Waals surface area contributed by atoms with E-state index in [9.17, 15) is 0 Å². The van der Waals surface area contributed by atoms with E-state index in [0.717, 1.165) is 6.42 Å². The second-order valence-corrected chi connectivity index (χ2v) is 11.4. The number of benzene rings is 2. The van der Waals surface area contributed by atoms with E-state index in [1.807, 2.05) is 0 Å². The third kappa shape index (κ3) is 3.70. The fourth-order valence-electron chi connectivity index (χ4n) is 2.67. The van der Waals surface area contributed by atoms with Gasteiger partial charge in [0.05, 0.1) is 0 Å². The van der Waals surface area contributed by atoms with E-state index in [2.05, 4.69) is 113 Å². The van der Waals surface area contributed by atoms with Crippen molar-refractivity contribution in [3.8, 4) is 11.2 Å². The quantitative estimate of drug-likeness (QED) is 0.523. The molecule has 0 aliphatic carbocycles. The minimum atomic E-state index is -1.47. The van der Waals surface area contributed by atoms with Crippen LogP contribution >= 0.6 is 10.0 Å².